The quantitative estimate of drug-likeness (QED) is 0.246. The molecule has 0 atom stereocenters. The van der Waals surface area contributed by atoms with Crippen molar-refractivity contribution in [2.75, 3.05) is 4.90 Å². The van der Waals surface area contributed by atoms with Gasteiger partial charge in [-0.25, -0.2) is 9.36 Å². The fraction of sp³-hybridized carbons (Fsp3) is 0. The molecule has 39 heavy (non-hydrogen) atoms. The summed E-state index contributed by atoms with van der Waals surface area (Å²) < 4.78 is 3.70. The summed E-state index contributed by atoms with van der Waals surface area (Å²) in [5.74, 6) is -0.124. The van der Waals surface area contributed by atoms with Crippen molar-refractivity contribution in [3.8, 4) is 11.4 Å². The van der Waals surface area contributed by atoms with Gasteiger partial charge in [0.05, 0.1) is 33.8 Å². The Bertz CT molecular complexity index is 1770. The largest absolute Gasteiger partial charge is 0.277 e. The smallest absolute Gasteiger partial charge is 0.262 e. The molecule has 5 aromatic carbocycles. The van der Waals surface area contributed by atoms with Crippen molar-refractivity contribution in [1.29, 1.82) is 0 Å². The lowest BCUT2D eigenvalue weighted by atomic mass is 10.1. The molecule has 0 saturated heterocycles. The topological polar surface area (TPSA) is 56.0 Å². The van der Waals surface area contributed by atoms with E-state index in [9.17, 15) is 4.79 Å². The maximum atomic E-state index is 14.0. The van der Waals surface area contributed by atoms with Crippen LogP contribution in [0.5, 0.6) is 0 Å². The van der Waals surface area contributed by atoms with E-state index in [1.54, 1.807) is 4.90 Å². The van der Waals surface area contributed by atoms with Gasteiger partial charge in [-0.15, -0.1) is 0 Å². The summed E-state index contributed by atoms with van der Waals surface area (Å²) in [6, 6.07) is 41.1. The van der Waals surface area contributed by atoms with Gasteiger partial charge in [0.2, 0.25) is 0 Å². The molecular formula is C33H23N5O. The molecule has 0 unspecified atom stereocenters. The van der Waals surface area contributed by atoms with E-state index >= 15 is 0 Å². The molecule has 2 aromatic heterocycles. The number of hydrogen-bond acceptors (Lipinski definition) is 3. The van der Waals surface area contributed by atoms with Crippen molar-refractivity contribution in [3.63, 3.8) is 0 Å². The lowest BCUT2D eigenvalue weighted by Gasteiger charge is -2.24. The van der Waals surface area contributed by atoms with Gasteiger partial charge < -0.3 is 0 Å². The summed E-state index contributed by atoms with van der Waals surface area (Å²) in [5, 5.41) is 11.6. The van der Waals surface area contributed by atoms with E-state index in [0.717, 1.165) is 44.6 Å². The molecule has 0 aliphatic rings. The average Bonchev–Trinajstić information content (AvgIpc) is 3.63. The van der Waals surface area contributed by atoms with Crippen LogP contribution < -0.4 is 4.90 Å². The first kappa shape index (κ1) is 22.7. The first-order valence-electron chi connectivity index (χ1n) is 12.7. The molecule has 186 valence electrons. The standard InChI is InChI=1S/C33H23N5O/c39-33(24-10-2-1-3-11-24)38(29-16-8-14-27(20-29)36-22-25-12-4-6-18-31(25)34-36)30-17-9-15-28(21-30)37-23-26-13-5-7-19-32(26)35-37/h1-23H. The highest BCUT2D eigenvalue weighted by Crippen LogP contribution is 2.31. The Balaban J connectivity index is 1.35. The number of fused-ring (bicyclic) bond motifs is 2. The zero-order chi connectivity index (χ0) is 26.2. The van der Waals surface area contributed by atoms with E-state index in [-0.39, 0.29) is 5.91 Å². The van der Waals surface area contributed by atoms with Crippen LogP contribution in [0.3, 0.4) is 0 Å². The van der Waals surface area contributed by atoms with Gasteiger partial charge in [-0.3, -0.25) is 9.69 Å². The maximum Gasteiger partial charge on any atom is 0.262 e. The number of amides is 1. The lowest BCUT2D eigenvalue weighted by Crippen LogP contribution is -2.26. The van der Waals surface area contributed by atoms with Gasteiger partial charge in [0.1, 0.15) is 0 Å². The molecule has 0 fully saturated rings. The highest BCUT2D eigenvalue weighted by Gasteiger charge is 2.21. The Morgan fingerprint density at radius 2 is 1.03 bits per heavy atom. The van der Waals surface area contributed by atoms with E-state index in [1.807, 2.05) is 149 Å². The van der Waals surface area contributed by atoms with Crippen molar-refractivity contribution in [2.45, 2.75) is 0 Å². The average molecular weight is 506 g/mol. The number of hydrogen-bond donors (Lipinski definition) is 0. The van der Waals surface area contributed by atoms with Crippen molar-refractivity contribution >= 4 is 39.1 Å². The summed E-state index contributed by atoms with van der Waals surface area (Å²) in [6.45, 7) is 0. The van der Waals surface area contributed by atoms with E-state index < -0.39 is 0 Å². The fourth-order valence-electron chi connectivity index (χ4n) is 4.84. The van der Waals surface area contributed by atoms with Gasteiger partial charge in [-0.05, 0) is 60.7 Å². The van der Waals surface area contributed by atoms with Gasteiger partial charge in [0, 0.05) is 28.7 Å². The van der Waals surface area contributed by atoms with Crippen LogP contribution in [0.4, 0.5) is 11.4 Å². The van der Waals surface area contributed by atoms with Crippen LogP contribution in [-0.2, 0) is 0 Å². The second-order valence-electron chi connectivity index (χ2n) is 9.31. The molecule has 6 heteroatoms. The molecule has 0 aliphatic carbocycles. The highest BCUT2D eigenvalue weighted by atomic mass is 16.2. The Hall–Kier alpha value is -5.49. The van der Waals surface area contributed by atoms with Crippen LogP contribution in [0.25, 0.3) is 33.2 Å². The third kappa shape index (κ3) is 4.24. The third-order valence-electron chi connectivity index (χ3n) is 6.76. The second-order valence-corrected chi connectivity index (χ2v) is 9.31. The first-order chi connectivity index (χ1) is 19.2. The Morgan fingerprint density at radius 1 is 0.538 bits per heavy atom. The zero-order valence-electron chi connectivity index (χ0n) is 20.9. The Labute approximate surface area is 225 Å². The minimum atomic E-state index is -0.124. The second kappa shape index (κ2) is 9.43. The molecule has 2 heterocycles. The number of benzene rings is 5. The molecule has 0 aliphatic heterocycles. The minimum absolute atomic E-state index is 0.124. The van der Waals surface area contributed by atoms with Gasteiger partial charge >= 0.3 is 0 Å². The molecule has 0 radical (unpaired) electrons. The van der Waals surface area contributed by atoms with Crippen LogP contribution >= 0.6 is 0 Å². The molecule has 1 amide bonds. The van der Waals surface area contributed by atoms with Crippen LogP contribution in [-0.4, -0.2) is 25.5 Å². The van der Waals surface area contributed by atoms with Crippen molar-refractivity contribution in [1.82, 2.24) is 19.6 Å². The van der Waals surface area contributed by atoms with E-state index in [4.69, 9.17) is 10.2 Å². The monoisotopic (exact) mass is 505 g/mol. The van der Waals surface area contributed by atoms with E-state index in [2.05, 4.69) is 0 Å². The molecule has 0 saturated carbocycles. The van der Waals surface area contributed by atoms with Gasteiger partial charge in [-0.2, -0.15) is 10.2 Å². The summed E-state index contributed by atoms with van der Waals surface area (Å²) in [7, 11) is 0. The SMILES string of the molecule is O=C(c1ccccc1)N(c1cccc(-n2cc3ccccc3n2)c1)c1cccc(-n2cc3ccccc3n2)c1. The summed E-state index contributed by atoms with van der Waals surface area (Å²) >= 11 is 0. The molecule has 6 nitrogen and oxygen atoms in total. The third-order valence-corrected chi connectivity index (χ3v) is 6.76. The summed E-state index contributed by atoms with van der Waals surface area (Å²) in [6.07, 6.45) is 4.00. The van der Waals surface area contributed by atoms with Crippen LogP contribution in [0, 0.1) is 0 Å². The Kier molecular flexibility index (Phi) is 5.49. The molecular weight excluding hydrogens is 482 g/mol. The normalized spacial score (nSPS) is 11.2. The number of nitrogens with zero attached hydrogens (tertiary/aromatic N) is 5. The molecule has 0 bridgehead atoms. The van der Waals surface area contributed by atoms with Crippen molar-refractivity contribution < 1.29 is 4.79 Å². The van der Waals surface area contributed by atoms with Crippen molar-refractivity contribution in [2.24, 2.45) is 0 Å². The van der Waals surface area contributed by atoms with Crippen LogP contribution in [0.15, 0.2) is 140 Å². The molecule has 7 aromatic rings. The predicted octanol–water partition coefficient (Wildman–Crippen LogP) is 7.34. The van der Waals surface area contributed by atoms with E-state index in [1.165, 1.54) is 0 Å². The number of carbonyl (C=O) groups excluding carboxylic acids is 1. The maximum absolute atomic E-state index is 14.0. The van der Waals surface area contributed by atoms with E-state index in [0.29, 0.717) is 5.56 Å². The summed E-state index contributed by atoms with van der Waals surface area (Å²) in [4.78, 5) is 15.7. The lowest BCUT2D eigenvalue weighted by molar-refractivity contribution is 0.0999. The van der Waals surface area contributed by atoms with Gasteiger partial charge in [0.25, 0.3) is 5.91 Å². The predicted molar refractivity (Wildman–Crippen MR) is 155 cm³/mol. The fourth-order valence-corrected chi connectivity index (χ4v) is 4.84. The molecule has 7 rings (SSSR count). The highest BCUT2D eigenvalue weighted by molar-refractivity contribution is 6.11. The van der Waals surface area contributed by atoms with Gasteiger partial charge in [0.15, 0.2) is 0 Å². The number of carbonyl (C=O) groups is 1. The summed E-state index contributed by atoms with van der Waals surface area (Å²) in [5.41, 5.74) is 5.64. The Morgan fingerprint density at radius 3 is 1.54 bits per heavy atom. The number of aromatic nitrogens is 4. The molecule has 0 N–H and O–H groups in total. The van der Waals surface area contributed by atoms with Crippen molar-refractivity contribution in [3.05, 3.63) is 145 Å². The van der Waals surface area contributed by atoms with Crippen LogP contribution in [0.2, 0.25) is 0 Å². The zero-order valence-corrected chi connectivity index (χ0v) is 20.9. The van der Waals surface area contributed by atoms with Crippen LogP contribution in [0.1, 0.15) is 10.4 Å². The number of anilines is 2. The molecule has 0 spiro atoms. The van der Waals surface area contributed by atoms with Gasteiger partial charge in [-0.1, -0.05) is 66.7 Å². The first-order valence-corrected chi connectivity index (χ1v) is 12.7. The number of rotatable bonds is 5. The minimum Gasteiger partial charge on any atom is -0.277 e.